The van der Waals surface area contributed by atoms with Gasteiger partial charge < -0.3 is 9.88 Å². The molecule has 0 fully saturated rings. The summed E-state index contributed by atoms with van der Waals surface area (Å²) < 4.78 is 2.15. The van der Waals surface area contributed by atoms with Gasteiger partial charge in [0.1, 0.15) is 5.82 Å². The van der Waals surface area contributed by atoms with Gasteiger partial charge in [-0.1, -0.05) is 17.7 Å². The van der Waals surface area contributed by atoms with E-state index in [2.05, 4.69) is 46.9 Å². The van der Waals surface area contributed by atoms with Crippen LogP contribution in [0.3, 0.4) is 0 Å². The largest absolute Gasteiger partial charge is 0.383 e. The summed E-state index contributed by atoms with van der Waals surface area (Å²) in [6.07, 6.45) is 3.85. The van der Waals surface area contributed by atoms with Crippen LogP contribution in [-0.2, 0) is 6.54 Å². The van der Waals surface area contributed by atoms with E-state index < -0.39 is 0 Å². The zero-order valence-corrected chi connectivity index (χ0v) is 10.7. The predicted octanol–water partition coefficient (Wildman–Crippen LogP) is 2.92. The molecule has 0 saturated heterocycles. The Bertz CT molecular complexity index is 500. The van der Waals surface area contributed by atoms with Crippen LogP contribution in [0.4, 0.5) is 5.69 Å². The van der Waals surface area contributed by atoms with Crippen LogP contribution in [-0.4, -0.2) is 16.1 Å². The van der Waals surface area contributed by atoms with Crippen LogP contribution in [0.1, 0.15) is 17.0 Å². The molecule has 2 rings (SSSR count). The maximum Gasteiger partial charge on any atom is 0.105 e. The Balaban J connectivity index is 1.92. The minimum Gasteiger partial charge on any atom is -0.383 e. The van der Waals surface area contributed by atoms with E-state index in [0.29, 0.717) is 0 Å². The Morgan fingerprint density at radius 2 is 2.06 bits per heavy atom. The molecule has 0 amide bonds. The van der Waals surface area contributed by atoms with Crippen molar-refractivity contribution in [1.82, 2.24) is 9.55 Å². The first kappa shape index (κ1) is 11.7. The Hall–Kier alpha value is -1.77. The van der Waals surface area contributed by atoms with E-state index in [0.717, 1.165) is 18.9 Å². The van der Waals surface area contributed by atoms with Crippen LogP contribution in [0.5, 0.6) is 0 Å². The van der Waals surface area contributed by atoms with Gasteiger partial charge in [-0.15, -0.1) is 0 Å². The number of nitrogens with zero attached hydrogens (tertiary/aromatic N) is 2. The molecule has 1 N–H and O–H groups in total. The first-order valence-corrected chi connectivity index (χ1v) is 5.95. The third-order valence-corrected chi connectivity index (χ3v) is 2.97. The van der Waals surface area contributed by atoms with Gasteiger partial charge in [0.25, 0.3) is 0 Å². The van der Waals surface area contributed by atoms with Crippen LogP contribution in [0, 0.1) is 20.8 Å². The fourth-order valence-corrected chi connectivity index (χ4v) is 1.96. The molecule has 0 aliphatic heterocycles. The molecule has 0 radical (unpaired) electrons. The maximum absolute atomic E-state index is 4.21. The standard InChI is InChI=1S/C14H19N3/c1-11-4-5-14(12(2)10-11)16-7-9-17-8-6-15-13(17)3/h4-6,8,10,16H,7,9H2,1-3H3. The summed E-state index contributed by atoms with van der Waals surface area (Å²) in [5, 5.41) is 3.46. The highest BCUT2D eigenvalue weighted by Crippen LogP contribution is 2.15. The number of benzene rings is 1. The lowest BCUT2D eigenvalue weighted by atomic mass is 10.1. The zero-order valence-electron chi connectivity index (χ0n) is 10.7. The predicted molar refractivity (Wildman–Crippen MR) is 71.4 cm³/mol. The molecule has 0 aliphatic rings. The highest BCUT2D eigenvalue weighted by atomic mass is 15.1. The normalized spacial score (nSPS) is 10.5. The van der Waals surface area contributed by atoms with E-state index in [1.165, 1.54) is 16.8 Å². The molecule has 90 valence electrons. The van der Waals surface area contributed by atoms with Crippen molar-refractivity contribution >= 4 is 5.69 Å². The van der Waals surface area contributed by atoms with Gasteiger partial charge in [-0.2, -0.15) is 0 Å². The summed E-state index contributed by atoms with van der Waals surface area (Å²) >= 11 is 0. The monoisotopic (exact) mass is 229 g/mol. The molecule has 0 spiro atoms. The molecule has 0 bridgehead atoms. The molecular weight excluding hydrogens is 210 g/mol. The van der Waals surface area contributed by atoms with Crippen molar-refractivity contribution in [2.24, 2.45) is 0 Å². The van der Waals surface area contributed by atoms with Gasteiger partial charge in [0.05, 0.1) is 0 Å². The molecule has 17 heavy (non-hydrogen) atoms. The summed E-state index contributed by atoms with van der Waals surface area (Å²) in [5.74, 6) is 1.06. The minimum absolute atomic E-state index is 0.918. The van der Waals surface area contributed by atoms with Gasteiger partial charge in [0.15, 0.2) is 0 Å². The van der Waals surface area contributed by atoms with E-state index in [-0.39, 0.29) is 0 Å². The van der Waals surface area contributed by atoms with Gasteiger partial charge in [0, 0.05) is 31.2 Å². The number of aryl methyl sites for hydroxylation is 3. The Kier molecular flexibility index (Phi) is 3.47. The second-order valence-corrected chi connectivity index (χ2v) is 4.41. The fourth-order valence-electron chi connectivity index (χ4n) is 1.96. The first-order chi connectivity index (χ1) is 8.16. The fraction of sp³-hybridized carbons (Fsp3) is 0.357. The van der Waals surface area contributed by atoms with Crippen LogP contribution in [0.2, 0.25) is 0 Å². The van der Waals surface area contributed by atoms with Gasteiger partial charge in [-0.05, 0) is 32.4 Å². The van der Waals surface area contributed by atoms with Crippen molar-refractivity contribution in [3.8, 4) is 0 Å². The van der Waals surface area contributed by atoms with Gasteiger partial charge >= 0.3 is 0 Å². The lowest BCUT2D eigenvalue weighted by molar-refractivity contribution is 0.701. The molecule has 0 saturated carbocycles. The summed E-state index contributed by atoms with van der Waals surface area (Å²) in [5.41, 5.74) is 3.82. The van der Waals surface area contributed by atoms with Crippen molar-refractivity contribution in [3.63, 3.8) is 0 Å². The highest BCUT2D eigenvalue weighted by Gasteiger charge is 1.99. The zero-order chi connectivity index (χ0) is 12.3. The van der Waals surface area contributed by atoms with E-state index in [1.54, 1.807) is 0 Å². The van der Waals surface area contributed by atoms with Crippen LogP contribution >= 0.6 is 0 Å². The summed E-state index contributed by atoms with van der Waals surface area (Å²) in [6.45, 7) is 8.14. The topological polar surface area (TPSA) is 29.9 Å². The first-order valence-electron chi connectivity index (χ1n) is 5.95. The molecule has 1 aromatic heterocycles. The molecule has 0 atom stereocenters. The lowest BCUT2D eigenvalue weighted by Crippen LogP contribution is -2.11. The molecule has 0 unspecified atom stereocenters. The smallest absolute Gasteiger partial charge is 0.105 e. The second-order valence-electron chi connectivity index (χ2n) is 4.41. The minimum atomic E-state index is 0.918. The van der Waals surface area contributed by atoms with Crippen molar-refractivity contribution in [1.29, 1.82) is 0 Å². The highest BCUT2D eigenvalue weighted by molar-refractivity contribution is 5.51. The molecule has 3 nitrogen and oxygen atoms in total. The van der Waals surface area contributed by atoms with Gasteiger partial charge in [-0.25, -0.2) is 4.98 Å². The SMILES string of the molecule is Cc1ccc(NCCn2ccnc2C)c(C)c1. The van der Waals surface area contributed by atoms with Crippen molar-refractivity contribution < 1.29 is 0 Å². The lowest BCUT2D eigenvalue weighted by Gasteiger charge is -2.11. The van der Waals surface area contributed by atoms with Crippen molar-refractivity contribution in [3.05, 3.63) is 47.5 Å². The second kappa shape index (κ2) is 5.04. The molecular formula is C14H19N3. The number of hydrogen-bond donors (Lipinski definition) is 1. The number of rotatable bonds is 4. The van der Waals surface area contributed by atoms with Crippen molar-refractivity contribution in [2.45, 2.75) is 27.3 Å². The third kappa shape index (κ3) is 2.87. The summed E-state index contributed by atoms with van der Waals surface area (Å²) in [4.78, 5) is 4.21. The maximum atomic E-state index is 4.21. The Labute approximate surface area is 103 Å². The molecule has 3 heteroatoms. The number of nitrogens with one attached hydrogen (secondary N) is 1. The molecule has 1 aromatic carbocycles. The number of imidazole rings is 1. The third-order valence-electron chi connectivity index (χ3n) is 2.97. The van der Waals surface area contributed by atoms with Gasteiger partial charge in [0.2, 0.25) is 0 Å². The number of anilines is 1. The molecule has 2 aromatic rings. The number of hydrogen-bond acceptors (Lipinski definition) is 2. The average molecular weight is 229 g/mol. The van der Waals surface area contributed by atoms with Crippen LogP contribution in [0.15, 0.2) is 30.6 Å². The van der Waals surface area contributed by atoms with E-state index in [1.807, 2.05) is 19.3 Å². The van der Waals surface area contributed by atoms with E-state index in [9.17, 15) is 0 Å². The number of aromatic nitrogens is 2. The van der Waals surface area contributed by atoms with E-state index >= 15 is 0 Å². The summed E-state index contributed by atoms with van der Waals surface area (Å²) in [6, 6.07) is 6.48. The Morgan fingerprint density at radius 1 is 1.24 bits per heavy atom. The van der Waals surface area contributed by atoms with Crippen LogP contribution in [0.25, 0.3) is 0 Å². The van der Waals surface area contributed by atoms with Crippen molar-refractivity contribution in [2.75, 3.05) is 11.9 Å². The average Bonchev–Trinajstić information content (AvgIpc) is 2.68. The summed E-state index contributed by atoms with van der Waals surface area (Å²) in [7, 11) is 0. The quantitative estimate of drug-likeness (QED) is 0.873. The molecule has 1 heterocycles. The Morgan fingerprint density at radius 3 is 2.71 bits per heavy atom. The van der Waals surface area contributed by atoms with Gasteiger partial charge in [-0.3, -0.25) is 0 Å². The molecule has 0 aliphatic carbocycles. The van der Waals surface area contributed by atoms with Crippen LogP contribution < -0.4 is 5.32 Å². The van der Waals surface area contributed by atoms with E-state index in [4.69, 9.17) is 0 Å².